The van der Waals surface area contributed by atoms with Gasteiger partial charge in [-0.2, -0.15) is 0 Å². The van der Waals surface area contributed by atoms with Crippen LogP contribution in [-0.4, -0.2) is 15.3 Å². The second-order valence-electron chi connectivity index (χ2n) is 6.64. The van der Waals surface area contributed by atoms with Crippen molar-refractivity contribution in [1.29, 1.82) is 0 Å². The van der Waals surface area contributed by atoms with Crippen molar-refractivity contribution in [2.45, 2.75) is 13.8 Å². The van der Waals surface area contributed by atoms with Crippen LogP contribution in [0.15, 0.2) is 77.6 Å². The molecule has 28 heavy (non-hydrogen) atoms. The van der Waals surface area contributed by atoms with Crippen LogP contribution in [-0.2, 0) is 0 Å². The van der Waals surface area contributed by atoms with Gasteiger partial charge in [0, 0.05) is 24.4 Å². The van der Waals surface area contributed by atoms with Crippen LogP contribution in [0.1, 0.15) is 23.0 Å². The topological polar surface area (TPSA) is 64.0 Å². The molecule has 4 rings (SSSR count). The summed E-state index contributed by atoms with van der Waals surface area (Å²) in [4.78, 5) is 29.4. The van der Waals surface area contributed by atoms with Crippen molar-refractivity contribution in [1.82, 2.24) is 9.55 Å². The number of anilines is 2. The lowest BCUT2D eigenvalue weighted by Gasteiger charge is -2.18. The summed E-state index contributed by atoms with van der Waals surface area (Å²) in [7, 11) is 0. The first-order valence-corrected chi connectivity index (χ1v) is 9.00. The molecule has 0 atom stereocenters. The fourth-order valence-electron chi connectivity index (χ4n) is 3.28. The summed E-state index contributed by atoms with van der Waals surface area (Å²) in [6, 6.07) is 22.5. The summed E-state index contributed by atoms with van der Waals surface area (Å²) in [5.41, 5.74) is 3.09. The number of rotatable bonds is 4. The number of pyridine rings is 2. The average molecular weight is 369 g/mol. The van der Waals surface area contributed by atoms with Crippen molar-refractivity contribution in [3.63, 3.8) is 0 Å². The number of nitrogens with one attached hydrogen (secondary N) is 1. The van der Waals surface area contributed by atoms with Gasteiger partial charge in [0.1, 0.15) is 11.5 Å². The molecular weight excluding hydrogens is 350 g/mol. The van der Waals surface area contributed by atoms with Crippen molar-refractivity contribution in [2.24, 2.45) is 0 Å². The number of carbonyl (C=O) groups is 1. The van der Waals surface area contributed by atoms with Crippen molar-refractivity contribution >= 4 is 28.3 Å². The van der Waals surface area contributed by atoms with E-state index in [0.29, 0.717) is 22.5 Å². The van der Waals surface area contributed by atoms with Gasteiger partial charge in [-0.15, -0.1) is 0 Å². The molecule has 138 valence electrons. The van der Waals surface area contributed by atoms with Crippen LogP contribution in [0, 0.1) is 6.92 Å². The maximum atomic E-state index is 12.9. The van der Waals surface area contributed by atoms with Crippen molar-refractivity contribution in [3.05, 3.63) is 94.3 Å². The fourth-order valence-corrected chi connectivity index (χ4v) is 3.28. The second-order valence-corrected chi connectivity index (χ2v) is 6.64. The Kier molecular flexibility index (Phi) is 4.49. The van der Waals surface area contributed by atoms with Crippen LogP contribution in [0.25, 0.3) is 16.7 Å². The zero-order valence-electron chi connectivity index (χ0n) is 15.6. The van der Waals surface area contributed by atoms with E-state index in [-0.39, 0.29) is 11.2 Å². The van der Waals surface area contributed by atoms with Gasteiger partial charge in [-0.05, 0) is 42.8 Å². The Morgan fingerprint density at radius 1 is 0.964 bits per heavy atom. The number of nitrogens with zero attached hydrogens (tertiary/aromatic N) is 2. The molecule has 0 spiro atoms. The fraction of sp³-hybridized carbons (Fsp3) is 0.0870. The number of aromatic nitrogens is 2. The van der Waals surface area contributed by atoms with Gasteiger partial charge in [0.15, 0.2) is 16.9 Å². The first-order valence-electron chi connectivity index (χ1n) is 9.00. The van der Waals surface area contributed by atoms with Gasteiger partial charge < -0.3 is 5.32 Å². The molecule has 5 nitrogen and oxygen atoms in total. The first-order chi connectivity index (χ1) is 13.5. The molecule has 5 heteroatoms. The van der Waals surface area contributed by atoms with Gasteiger partial charge in [0.2, 0.25) is 0 Å². The van der Waals surface area contributed by atoms with Crippen molar-refractivity contribution in [2.75, 3.05) is 5.32 Å². The van der Waals surface area contributed by atoms with Gasteiger partial charge in [-0.25, -0.2) is 4.98 Å². The first kappa shape index (κ1) is 17.7. The van der Waals surface area contributed by atoms with Gasteiger partial charge in [0.05, 0.1) is 5.39 Å². The summed E-state index contributed by atoms with van der Waals surface area (Å²) in [6.07, 6.45) is 0. The molecule has 0 saturated heterocycles. The van der Waals surface area contributed by atoms with E-state index in [1.807, 2.05) is 72.2 Å². The number of benzene rings is 2. The Labute approximate surface area is 162 Å². The molecule has 0 bridgehead atoms. The Bertz CT molecular complexity index is 1230. The van der Waals surface area contributed by atoms with E-state index < -0.39 is 0 Å². The van der Waals surface area contributed by atoms with Crippen LogP contribution >= 0.6 is 0 Å². The Balaban J connectivity index is 2.08. The number of carbonyl (C=O) groups excluding carboxylic acids is 1. The number of hydrogen-bond donors (Lipinski definition) is 1. The smallest absolute Gasteiger partial charge is 0.193 e. The lowest BCUT2D eigenvalue weighted by molar-refractivity contribution is 0.101. The number of fused-ring (bicyclic) bond motifs is 1. The summed E-state index contributed by atoms with van der Waals surface area (Å²) < 4.78 is 1.88. The van der Waals surface area contributed by atoms with E-state index in [0.717, 1.165) is 16.9 Å². The third-order valence-electron chi connectivity index (χ3n) is 4.59. The molecular formula is C23H19N3O2. The molecule has 0 aliphatic heterocycles. The van der Waals surface area contributed by atoms with E-state index in [1.165, 1.54) is 6.92 Å². The lowest BCUT2D eigenvalue weighted by atomic mass is 10.1. The number of Topliss-reactive ketones (excluding diaryl/α,β-unsaturated/α-hetero) is 1. The van der Waals surface area contributed by atoms with Gasteiger partial charge in [-0.3, -0.25) is 14.2 Å². The van der Waals surface area contributed by atoms with E-state index in [2.05, 4.69) is 10.3 Å². The number of ketones is 1. The van der Waals surface area contributed by atoms with E-state index in [4.69, 9.17) is 0 Å². The molecule has 2 aromatic carbocycles. The Morgan fingerprint density at radius 3 is 2.25 bits per heavy atom. The maximum Gasteiger partial charge on any atom is 0.193 e. The summed E-state index contributed by atoms with van der Waals surface area (Å²) in [5.74, 6) is 0.445. The molecule has 0 aliphatic rings. The molecule has 2 heterocycles. The number of para-hydroxylation sites is 2. The quantitative estimate of drug-likeness (QED) is 0.532. The Hall–Kier alpha value is -3.73. The summed E-state index contributed by atoms with van der Waals surface area (Å²) >= 11 is 0. The predicted molar refractivity (Wildman–Crippen MR) is 112 cm³/mol. The SMILES string of the molecule is CC(=O)c1cc(C)c2c(=O)cc(Nc3ccccc3)n(-c3ccccc3)c2n1. The summed E-state index contributed by atoms with van der Waals surface area (Å²) in [5, 5.41) is 3.82. The van der Waals surface area contributed by atoms with Crippen LogP contribution in [0.2, 0.25) is 0 Å². The minimum Gasteiger partial charge on any atom is -0.341 e. The minimum atomic E-state index is -0.140. The molecule has 0 saturated carbocycles. The average Bonchev–Trinajstić information content (AvgIpc) is 2.69. The Morgan fingerprint density at radius 2 is 1.61 bits per heavy atom. The van der Waals surface area contributed by atoms with E-state index in [9.17, 15) is 9.59 Å². The zero-order chi connectivity index (χ0) is 19.7. The normalized spacial score (nSPS) is 10.8. The second kappa shape index (κ2) is 7.12. The molecule has 4 aromatic rings. The van der Waals surface area contributed by atoms with E-state index in [1.54, 1.807) is 12.1 Å². The molecule has 0 fully saturated rings. The highest BCUT2D eigenvalue weighted by molar-refractivity contribution is 5.95. The third-order valence-corrected chi connectivity index (χ3v) is 4.59. The van der Waals surface area contributed by atoms with Crippen LogP contribution in [0.5, 0.6) is 0 Å². The van der Waals surface area contributed by atoms with Crippen molar-refractivity contribution in [3.8, 4) is 5.69 Å². The summed E-state index contributed by atoms with van der Waals surface area (Å²) in [6.45, 7) is 3.31. The third kappa shape index (κ3) is 3.18. The standard InChI is InChI=1S/C23H19N3O2/c1-15-13-19(16(2)27)25-23-22(15)20(28)14-21(24-17-9-5-3-6-10-17)26(23)18-11-7-4-8-12-18/h3-14,24H,1-2H3. The van der Waals surface area contributed by atoms with Gasteiger partial charge >= 0.3 is 0 Å². The lowest BCUT2D eigenvalue weighted by Crippen LogP contribution is -2.16. The maximum absolute atomic E-state index is 12.9. The van der Waals surface area contributed by atoms with Crippen molar-refractivity contribution < 1.29 is 4.79 Å². The minimum absolute atomic E-state index is 0.138. The monoisotopic (exact) mass is 369 g/mol. The number of aryl methyl sites for hydroxylation is 1. The molecule has 2 aromatic heterocycles. The number of hydrogen-bond acceptors (Lipinski definition) is 4. The van der Waals surface area contributed by atoms with Crippen LogP contribution in [0.3, 0.4) is 0 Å². The molecule has 1 N–H and O–H groups in total. The molecule has 0 aliphatic carbocycles. The highest BCUT2D eigenvalue weighted by Gasteiger charge is 2.16. The molecule has 0 amide bonds. The predicted octanol–water partition coefficient (Wildman–Crippen LogP) is 4.64. The zero-order valence-corrected chi connectivity index (χ0v) is 15.6. The van der Waals surface area contributed by atoms with Crippen LogP contribution in [0.4, 0.5) is 11.5 Å². The highest BCUT2D eigenvalue weighted by atomic mass is 16.1. The largest absolute Gasteiger partial charge is 0.341 e. The highest BCUT2D eigenvalue weighted by Crippen LogP contribution is 2.26. The molecule has 0 unspecified atom stereocenters. The van der Waals surface area contributed by atoms with E-state index >= 15 is 0 Å². The van der Waals surface area contributed by atoms with Gasteiger partial charge in [0.25, 0.3) is 0 Å². The van der Waals surface area contributed by atoms with Gasteiger partial charge in [-0.1, -0.05) is 36.4 Å². The van der Waals surface area contributed by atoms with Crippen LogP contribution < -0.4 is 10.7 Å². The molecule has 0 radical (unpaired) electrons.